The zero-order valence-electron chi connectivity index (χ0n) is 12.3. The van der Waals surface area contributed by atoms with Crippen LogP contribution in [0.15, 0.2) is 24.3 Å². The number of nitrogen functional groups attached to an aromatic ring is 1. The van der Waals surface area contributed by atoms with Gasteiger partial charge in [0.1, 0.15) is 0 Å². The summed E-state index contributed by atoms with van der Waals surface area (Å²) in [5.41, 5.74) is 6.79. The van der Waals surface area contributed by atoms with Gasteiger partial charge < -0.3 is 20.5 Å². The Labute approximate surface area is 125 Å². The second kappa shape index (κ2) is 8.64. The molecule has 3 N–H and O–H groups in total. The van der Waals surface area contributed by atoms with Crippen molar-refractivity contribution in [1.29, 1.82) is 0 Å². The molecule has 1 aliphatic rings. The minimum atomic E-state index is -0.127. The molecule has 116 valence electrons. The molecule has 1 aliphatic heterocycles. The number of nitrogens with one attached hydrogen (secondary N) is 1. The van der Waals surface area contributed by atoms with E-state index in [-0.39, 0.29) is 5.91 Å². The summed E-state index contributed by atoms with van der Waals surface area (Å²) in [6.07, 6.45) is 2.98. The first kappa shape index (κ1) is 15.8. The zero-order valence-corrected chi connectivity index (χ0v) is 12.3. The van der Waals surface area contributed by atoms with Crippen LogP contribution in [-0.4, -0.2) is 38.9 Å². The minimum Gasteiger partial charge on any atom is -0.398 e. The summed E-state index contributed by atoms with van der Waals surface area (Å²) in [4.78, 5) is 11.9. The van der Waals surface area contributed by atoms with Crippen molar-refractivity contribution in [2.24, 2.45) is 5.92 Å². The molecule has 0 bridgehead atoms. The normalized spacial score (nSPS) is 15.8. The second-order valence-corrected chi connectivity index (χ2v) is 5.33. The molecule has 0 aliphatic carbocycles. The smallest absolute Gasteiger partial charge is 0.253 e. The number of benzene rings is 1. The Morgan fingerprint density at radius 3 is 2.86 bits per heavy atom. The van der Waals surface area contributed by atoms with E-state index < -0.39 is 0 Å². The average Bonchev–Trinajstić information content (AvgIpc) is 2.52. The Balaban J connectivity index is 1.55. The molecule has 21 heavy (non-hydrogen) atoms. The third kappa shape index (κ3) is 5.36. The van der Waals surface area contributed by atoms with Gasteiger partial charge in [0, 0.05) is 38.7 Å². The maximum atomic E-state index is 11.9. The lowest BCUT2D eigenvalue weighted by Crippen LogP contribution is -2.26. The van der Waals surface area contributed by atoms with E-state index >= 15 is 0 Å². The molecule has 0 aromatic heterocycles. The number of hydrogen-bond donors (Lipinski definition) is 2. The molecule has 1 amide bonds. The predicted octanol–water partition coefficient (Wildman–Crippen LogP) is 1.83. The van der Waals surface area contributed by atoms with Crippen LogP contribution in [0.5, 0.6) is 0 Å². The summed E-state index contributed by atoms with van der Waals surface area (Å²) < 4.78 is 11.0. The second-order valence-electron chi connectivity index (χ2n) is 5.33. The molecule has 5 heteroatoms. The molecule has 1 saturated heterocycles. The highest BCUT2D eigenvalue weighted by molar-refractivity contribution is 5.98. The molecule has 0 radical (unpaired) electrons. The zero-order chi connectivity index (χ0) is 14.9. The SMILES string of the molecule is Nc1ccccc1C(=O)NCCCOCC1CCOCC1. The topological polar surface area (TPSA) is 73.6 Å². The van der Waals surface area contributed by atoms with E-state index in [0.29, 0.717) is 30.3 Å². The van der Waals surface area contributed by atoms with Crippen molar-refractivity contribution in [1.82, 2.24) is 5.32 Å². The first-order chi connectivity index (χ1) is 10.3. The van der Waals surface area contributed by atoms with Gasteiger partial charge in [0.2, 0.25) is 0 Å². The van der Waals surface area contributed by atoms with Gasteiger partial charge >= 0.3 is 0 Å². The Morgan fingerprint density at radius 1 is 1.33 bits per heavy atom. The van der Waals surface area contributed by atoms with E-state index in [1.165, 1.54) is 0 Å². The number of hydrogen-bond acceptors (Lipinski definition) is 4. The van der Waals surface area contributed by atoms with Gasteiger partial charge in [-0.15, -0.1) is 0 Å². The quantitative estimate of drug-likeness (QED) is 0.594. The molecule has 5 nitrogen and oxygen atoms in total. The molecule has 0 saturated carbocycles. The molecule has 0 unspecified atom stereocenters. The van der Waals surface area contributed by atoms with Crippen LogP contribution < -0.4 is 11.1 Å². The monoisotopic (exact) mass is 292 g/mol. The molecule has 0 spiro atoms. The van der Waals surface area contributed by atoms with Crippen LogP contribution in [0.1, 0.15) is 29.6 Å². The Morgan fingerprint density at radius 2 is 2.10 bits per heavy atom. The van der Waals surface area contributed by atoms with Gasteiger partial charge in [-0.2, -0.15) is 0 Å². The van der Waals surface area contributed by atoms with Crippen molar-refractivity contribution in [3.05, 3.63) is 29.8 Å². The molecule has 1 fully saturated rings. The van der Waals surface area contributed by atoms with E-state index in [4.69, 9.17) is 15.2 Å². The number of carbonyl (C=O) groups excluding carboxylic acids is 1. The summed E-state index contributed by atoms with van der Waals surface area (Å²) in [5.74, 6) is 0.495. The van der Waals surface area contributed by atoms with Crippen molar-refractivity contribution in [2.45, 2.75) is 19.3 Å². The third-order valence-corrected chi connectivity index (χ3v) is 3.65. The lowest BCUT2D eigenvalue weighted by molar-refractivity contribution is 0.0202. The van der Waals surface area contributed by atoms with Gasteiger partial charge in [-0.3, -0.25) is 4.79 Å². The van der Waals surface area contributed by atoms with Gasteiger partial charge in [-0.1, -0.05) is 12.1 Å². The van der Waals surface area contributed by atoms with E-state index in [2.05, 4.69) is 5.32 Å². The maximum Gasteiger partial charge on any atom is 0.253 e. The van der Waals surface area contributed by atoms with Gasteiger partial charge in [-0.05, 0) is 37.3 Å². The average molecular weight is 292 g/mol. The van der Waals surface area contributed by atoms with Crippen molar-refractivity contribution >= 4 is 11.6 Å². The van der Waals surface area contributed by atoms with Gasteiger partial charge in [0.05, 0.1) is 5.56 Å². The van der Waals surface area contributed by atoms with Crippen LogP contribution in [0.3, 0.4) is 0 Å². The molecule has 1 aromatic rings. The first-order valence-electron chi connectivity index (χ1n) is 7.55. The van der Waals surface area contributed by atoms with E-state index in [1.807, 2.05) is 12.1 Å². The van der Waals surface area contributed by atoms with Crippen LogP contribution in [0, 0.1) is 5.92 Å². The number of rotatable bonds is 7. The van der Waals surface area contributed by atoms with Crippen LogP contribution >= 0.6 is 0 Å². The van der Waals surface area contributed by atoms with Crippen molar-refractivity contribution < 1.29 is 14.3 Å². The van der Waals surface area contributed by atoms with Crippen LogP contribution in [0.4, 0.5) is 5.69 Å². The van der Waals surface area contributed by atoms with E-state index in [0.717, 1.165) is 39.1 Å². The number of ether oxygens (including phenoxy) is 2. The molecule has 1 aromatic carbocycles. The van der Waals surface area contributed by atoms with Gasteiger partial charge in [0.25, 0.3) is 5.91 Å². The first-order valence-corrected chi connectivity index (χ1v) is 7.55. The van der Waals surface area contributed by atoms with Crippen LogP contribution in [0.2, 0.25) is 0 Å². The number of carbonyl (C=O) groups is 1. The molecule has 1 heterocycles. The Hall–Kier alpha value is -1.59. The highest BCUT2D eigenvalue weighted by Crippen LogP contribution is 2.14. The van der Waals surface area contributed by atoms with E-state index in [1.54, 1.807) is 12.1 Å². The maximum absolute atomic E-state index is 11.9. The summed E-state index contributed by atoms with van der Waals surface area (Å²) in [6.45, 7) is 3.76. The predicted molar refractivity (Wildman–Crippen MR) is 82.2 cm³/mol. The van der Waals surface area contributed by atoms with Crippen molar-refractivity contribution in [3.63, 3.8) is 0 Å². The van der Waals surface area contributed by atoms with Crippen molar-refractivity contribution in [3.8, 4) is 0 Å². The van der Waals surface area contributed by atoms with Gasteiger partial charge in [-0.25, -0.2) is 0 Å². The van der Waals surface area contributed by atoms with Crippen LogP contribution in [0.25, 0.3) is 0 Å². The third-order valence-electron chi connectivity index (χ3n) is 3.65. The lowest BCUT2D eigenvalue weighted by Gasteiger charge is -2.21. The highest BCUT2D eigenvalue weighted by Gasteiger charge is 2.13. The minimum absolute atomic E-state index is 0.127. The number of nitrogens with two attached hydrogens (primary N) is 1. The highest BCUT2D eigenvalue weighted by atomic mass is 16.5. The fourth-order valence-electron chi connectivity index (χ4n) is 2.34. The van der Waals surface area contributed by atoms with Crippen LogP contribution in [-0.2, 0) is 9.47 Å². The number of para-hydroxylation sites is 1. The lowest BCUT2D eigenvalue weighted by atomic mass is 10.0. The number of anilines is 1. The summed E-state index contributed by atoms with van der Waals surface area (Å²) in [5, 5.41) is 2.86. The molecular formula is C16H24N2O3. The summed E-state index contributed by atoms with van der Waals surface area (Å²) in [6, 6.07) is 7.08. The fraction of sp³-hybridized carbons (Fsp3) is 0.562. The fourth-order valence-corrected chi connectivity index (χ4v) is 2.34. The van der Waals surface area contributed by atoms with Crippen molar-refractivity contribution in [2.75, 3.05) is 38.7 Å². The molecule has 2 rings (SSSR count). The standard InChI is InChI=1S/C16H24N2O3/c17-15-5-2-1-4-14(15)16(19)18-8-3-9-21-12-13-6-10-20-11-7-13/h1-2,4-5,13H,3,6-12,17H2,(H,18,19). The Bertz CT molecular complexity index is 445. The van der Waals surface area contributed by atoms with Gasteiger partial charge in [0.15, 0.2) is 0 Å². The largest absolute Gasteiger partial charge is 0.398 e. The summed E-state index contributed by atoms with van der Waals surface area (Å²) >= 11 is 0. The summed E-state index contributed by atoms with van der Waals surface area (Å²) in [7, 11) is 0. The molecule has 0 atom stereocenters. The Kier molecular flexibility index (Phi) is 6.50. The molecular weight excluding hydrogens is 268 g/mol. The van der Waals surface area contributed by atoms with E-state index in [9.17, 15) is 4.79 Å². The number of amides is 1.